The van der Waals surface area contributed by atoms with Crippen LogP contribution in [0.2, 0.25) is 0 Å². The third-order valence-electron chi connectivity index (χ3n) is 6.73. The van der Waals surface area contributed by atoms with E-state index in [2.05, 4.69) is 12.7 Å². The second-order valence-electron chi connectivity index (χ2n) is 8.91. The molecule has 2 aromatic heterocycles. The molecule has 1 aliphatic rings. The summed E-state index contributed by atoms with van der Waals surface area (Å²) in [6.45, 7) is 8.70. The van der Waals surface area contributed by atoms with Crippen LogP contribution >= 0.6 is 11.3 Å². The minimum Gasteiger partial charge on any atom is -0.328 e. The fourth-order valence-electron chi connectivity index (χ4n) is 4.89. The Labute approximate surface area is 194 Å². The molecule has 0 spiro atoms. The number of aromatic nitrogens is 1. The predicted octanol–water partition coefficient (Wildman–Crippen LogP) is 6.63. The lowest BCUT2D eigenvalue weighted by Gasteiger charge is -2.26. The first-order chi connectivity index (χ1) is 15.5. The van der Waals surface area contributed by atoms with Gasteiger partial charge < -0.3 is 9.47 Å². The van der Waals surface area contributed by atoms with Crippen LogP contribution in [0.5, 0.6) is 0 Å². The van der Waals surface area contributed by atoms with E-state index in [0.717, 1.165) is 47.2 Å². The summed E-state index contributed by atoms with van der Waals surface area (Å²) in [5.41, 5.74) is 3.67. The molecule has 1 fully saturated rings. The molecular weight excluding hydrogens is 416 g/mol. The lowest BCUT2D eigenvalue weighted by atomic mass is 9.79. The highest BCUT2D eigenvalue weighted by Crippen LogP contribution is 2.33. The summed E-state index contributed by atoms with van der Waals surface area (Å²) in [5.74, 6) is 1.18. The Balaban J connectivity index is 1.55. The fourth-order valence-corrected chi connectivity index (χ4v) is 5.71. The van der Waals surface area contributed by atoms with E-state index in [9.17, 15) is 9.59 Å². The molecule has 0 atom stereocenters. The van der Waals surface area contributed by atoms with Crippen LogP contribution in [-0.4, -0.2) is 22.8 Å². The van der Waals surface area contributed by atoms with Gasteiger partial charge in [0.1, 0.15) is 6.54 Å². The van der Waals surface area contributed by atoms with Gasteiger partial charge in [0.25, 0.3) is 0 Å². The molecule has 0 radical (unpaired) electrons. The highest BCUT2D eigenvalue weighted by atomic mass is 32.1. The Hall–Kier alpha value is -2.66. The van der Waals surface area contributed by atoms with Crippen molar-refractivity contribution in [2.24, 2.45) is 11.8 Å². The average molecular weight is 449 g/mol. The zero-order chi connectivity index (χ0) is 22.7. The van der Waals surface area contributed by atoms with E-state index in [1.165, 1.54) is 0 Å². The van der Waals surface area contributed by atoms with Crippen LogP contribution in [0, 0.1) is 18.8 Å². The second kappa shape index (κ2) is 9.86. The first-order valence-corrected chi connectivity index (χ1v) is 12.5. The number of thiophene rings is 1. The zero-order valence-corrected chi connectivity index (χ0v) is 19.9. The number of ketones is 1. The Kier molecular flexibility index (Phi) is 6.95. The number of likely N-dealkylation sites (N-methyl/N-ethyl adjacent to an activating group) is 1. The third kappa shape index (κ3) is 4.73. The van der Waals surface area contributed by atoms with Gasteiger partial charge in [0, 0.05) is 18.7 Å². The SMILES string of the molecule is C=CC1CCC(CC(=O)c2cc3sccc3n2CC(=O)N(CC)c2cccc(C)c2)CC1. The minimum absolute atomic E-state index is 0.00217. The number of hydrogen-bond acceptors (Lipinski definition) is 3. The number of carbonyl (C=O) groups excluding carboxylic acids is 2. The van der Waals surface area contributed by atoms with Crippen LogP contribution in [0.4, 0.5) is 5.69 Å². The summed E-state index contributed by atoms with van der Waals surface area (Å²) in [6.07, 6.45) is 7.01. The van der Waals surface area contributed by atoms with Gasteiger partial charge in [-0.2, -0.15) is 0 Å². The van der Waals surface area contributed by atoms with Gasteiger partial charge in [-0.3, -0.25) is 9.59 Å². The average Bonchev–Trinajstić information content (AvgIpc) is 3.37. The van der Waals surface area contributed by atoms with Gasteiger partial charge in [0.05, 0.1) is 15.9 Å². The smallest absolute Gasteiger partial charge is 0.246 e. The van der Waals surface area contributed by atoms with Crippen LogP contribution in [-0.2, 0) is 11.3 Å². The van der Waals surface area contributed by atoms with Crippen LogP contribution in [0.3, 0.4) is 0 Å². The molecule has 1 aromatic carbocycles. The topological polar surface area (TPSA) is 42.3 Å². The monoisotopic (exact) mass is 448 g/mol. The molecule has 3 aromatic rings. The summed E-state index contributed by atoms with van der Waals surface area (Å²) in [6, 6.07) is 12.0. The maximum atomic E-state index is 13.3. The molecule has 0 unspecified atom stereocenters. The summed E-state index contributed by atoms with van der Waals surface area (Å²) >= 11 is 1.62. The Bertz CT molecular complexity index is 1120. The lowest BCUT2D eigenvalue weighted by Crippen LogP contribution is -2.34. The fraction of sp³-hybridized carbons (Fsp3) is 0.407. The molecule has 1 saturated carbocycles. The number of allylic oxidation sites excluding steroid dienone is 1. The van der Waals surface area contributed by atoms with E-state index in [-0.39, 0.29) is 18.2 Å². The van der Waals surface area contributed by atoms with E-state index < -0.39 is 0 Å². The normalized spacial score (nSPS) is 18.6. The van der Waals surface area contributed by atoms with Crippen LogP contribution < -0.4 is 4.90 Å². The first-order valence-electron chi connectivity index (χ1n) is 11.6. The van der Waals surface area contributed by atoms with Gasteiger partial charge in [-0.1, -0.05) is 18.2 Å². The zero-order valence-electron chi connectivity index (χ0n) is 19.0. The third-order valence-corrected chi connectivity index (χ3v) is 7.58. The van der Waals surface area contributed by atoms with Gasteiger partial charge >= 0.3 is 0 Å². The summed E-state index contributed by atoms with van der Waals surface area (Å²) < 4.78 is 3.00. The Morgan fingerprint density at radius 2 is 1.97 bits per heavy atom. The van der Waals surface area contributed by atoms with E-state index in [1.54, 1.807) is 16.2 Å². The number of hydrogen-bond donors (Lipinski definition) is 0. The number of benzene rings is 1. The molecular formula is C27H32N2O2S. The Morgan fingerprint density at radius 1 is 1.19 bits per heavy atom. The maximum Gasteiger partial charge on any atom is 0.246 e. The maximum absolute atomic E-state index is 13.3. The molecule has 1 aliphatic carbocycles. The van der Waals surface area contributed by atoms with E-state index >= 15 is 0 Å². The number of rotatable bonds is 8. The quantitative estimate of drug-likeness (QED) is 0.287. The molecule has 0 N–H and O–H groups in total. The molecule has 0 saturated heterocycles. The number of fused-ring (bicyclic) bond motifs is 1. The molecule has 0 bridgehead atoms. The van der Waals surface area contributed by atoms with Gasteiger partial charge in [-0.05, 0) is 86.6 Å². The molecule has 0 aliphatic heterocycles. The van der Waals surface area contributed by atoms with Crippen LogP contribution in [0.25, 0.3) is 10.2 Å². The van der Waals surface area contributed by atoms with E-state index in [4.69, 9.17) is 0 Å². The molecule has 2 heterocycles. The van der Waals surface area contributed by atoms with Crippen molar-refractivity contribution >= 4 is 38.9 Å². The highest BCUT2D eigenvalue weighted by Gasteiger charge is 2.26. The lowest BCUT2D eigenvalue weighted by molar-refractivity contribution is -0.119. The van der Waals surface area contributed by atoms with Gasteiger partial charge in [-0.25, -0.2) is 0 Å². The van der Waals surface area contributed by atoms with Crippen molar-refractivity contribution in [3.8, 4) is 0 Å². The van der Waals surface area contributed by atoms with Gasteiger partial charge in [0.15, 0.2) is 5.78 Å². The number of anilines is 1. The van der Waals surface area contributed by atoms with Crippen molar-refractivity contribution in [1.29, 1.82) is 0 Å². The number of nitrogens with zero attached hydrogens (tertiary/aromatic N) is 2. The van der Waals surface area contributed by atoms with Crippen molar-refractivity contribution in [3.05, 3.63) is 65.7 Å². The number of Topliss-reactive ketones (excluding diaryl/α,β-unsaturated/α-hetero) is 1. The minimum atomic E-state index is 0.00217. The number of aryl methyl sites for hydroxylation is 1. The first kappa shape index (κ1) is 22.5. The van der Waals surface area contributed by atoms with E-state index in [0.29, 0.717) is 30.5 Å². The van der Waals surface area contributed by atoms with Crippen molar-refractivity contribution in [1.82, 2.24) is 4.57 Å². The van der Waals surface area contributed by atoms with Crippen LogP contribution in [0.1, 0.15) is 55.1 Å². The molecule has 4 nitrogen and oxygen atoms in total. The van der Waals surface area contributed by atoms with Crippen molar-refractivity contribution in [2.75, 3.05) is 11.4 Å². The van der Waals surface area contributed by atoms with Crippen molar-refractivity contribution < 1.29 is 9.59 Å². The molecule has 1 amide bonds. The van der Waals surface area contributed by atoms with Crippen molar-refractivity contribution in [2.45, 2.75) is 52.5 Å². The molecule has 5 heteroatoms. The summed E-state index contributed by atoms with van der Waals surface area (Å²) in [4.78, 5) is 28.5. The molecule has 4 rings (SSSR count). The number of amides is 1. The molecule has 32 heavy (non-hydrogen) atoms. The Morgan fingerprint density at radius 3 is 2.66 bits per heavy atom. The highest BCUT2D eigenvalue weighted by molar-refractivity contribution is 7.17. The van der Waals surface area contributed by atoms with E-state index in [1.807, 2.05) is 60.2 Å². The predicted molar refractivity (Wildman–Crippen MR) is 134 cm³/mol. The second-order valence-corrected chi connectivity index (χ2v) is 9.85. The molecule has 168 valence electrons. The van der Waals surface area contributed by atoms with Gasteiger partial charge in [0.2, 0.25) is 5.91 Å². The van der Waals surface area contributed by atoms with Crippen LogP contribution in [0.15, 0.2) is 54.4 Å². The van der Waals surface area contributed by atoms with Gasteiger partial charge in [-0.15, -0.1) is 17.9 Å². The summed E-state index contributed by atoms with van der Waals surface area (Å²) in [5, 5.41) is 2.02. The summed E-state index contributed by atoms with van der Waals surface area (Å²) in [7, 11) is 0. The number of carbonyl (C=O) groups is 2. The standard InChI is InChI=1S/C27H32N2O2S/c1-4-20-9-11-21(12-10-20)16-25(30)24-17-26-23(13-14-32-26)29(24)18-27(31)28(5-2)22-8-6-7-19(3)15-22/h4,6-8,13-15,17,20-21H,1,5,9-12,16,18H2,2-3H3. The van der Waals surface area contributed by atoms with Crippen molar-refractivity contribution in [3.63, 3.8) is 0 Å². The largest absolute Gasteiger partial charge is 0.328 e.